The van der Waals surface area contributed by atoms with Crippen molar-refractivity contribution in [3.63, 3.8) is 0 Å². The van der Waals surface area contributed by atoms with Crippen LogP contribution in [0.5, 0.6) is 17.2 Å². The largest absolute Gasteiger partial charge is 0.493 e. The third kappa shape index (κ3) is 4.81. The van der Waals surface area contributed by atoms with Crippen LogP contribution < -0.4 is 25.1 Å². The van der Waals surface area contributed by atoms with Crippen molar-refractivity contribution in [1.82, 2.24) is 10.9 Å². The van der Waals surface area contributed by atoms with Gasteiger partial charge in [-0.2, -0.15) is 0 Å². The average Bonchev–Trinajstić information content (AvgIpc) is 3.01. The summed E-state index contributed by atoms with van der Waals surface area (Å²) in [5, 5.41) is 0. The lowest BCUT2D eigenvalue weighted by atomic mass is 10.1. The maximum absolute atomic E-state index is 12.0. The molecule has 0 spiro atoms. The predicted molar refractivity (Wildman–Crippen MR) is 98.9 cm³/mol. The number of hydrogen-bond acceptors (Lipinski definition) is 6. The van der Waals surface area contributed by atoms with E-state index in [-0.39, 0.29) is 0 Å². The number of hydrogen-bond donors (Lipinski definition) is 2. The molecule has 0 radical (unpaired) electrons. The summed E-state index contributed by atoms with van der Waals surface area (Å²) in [7, 11) is 4.52. The number of furan rings is 1. The number of amides is 2. The number of carbonyl (C=O) groups is 2. The van der Waals surface area contributed by atoms with Crippen molar-refractivity contribution in [2.45, 2.75) is 13.8 Å². The van der Waals surface area contributed by atoms with Crippen molar-refractivity contribution < 1.29 is 28.2 Å². The van der Waals surface area contributed by atoms with E-state index < -0.39 is 11.8 Å². The molecule has 1 aromatic heterocycles. The van der Waals surface area contributed by atoms with E-state index in [1.807, 2.05) is 0 Å². The number of rotatable bonds is 6. The summed E-state index contributed by atoms with van der Waals surface area (Å²) in [5.74, 6) is 1.53. The zero-order valence-electron chi connectivity index (χ0n) is 15.8. The second-order valence-electron chi connectivity index (χ2n) is 5.56. The lowest BCUT2D eigenvalue weighted by Gasteiger charge is -2.12. The monoisotopic (exact) mass is 374 g/mol. The molecule has 144 valence electrons. The maximum atomic E-state index is 12.0. The highest BCUT2D eigenvalue weighted by atomic mass is 16.5. The minimum Gasteiger partial charge on any atom is -0.493 e. The summed E-state index contributed by atoms with van der Waals surface area (Å²) >= 11 is 0. The Morgan fingerprint density at radius 2 is 1.59 bits per heavy atom. The van der Waals surface area contributed by atoms with Gasteiger partial charge in [-0.3, -0.25) is 20.4 Å². The first-order valence-electron chi connectivity index (χ1n) is 8.05. The standard InChI is InChI=1S/C19H22N2O6/c1-11-8-14(12(2)27-11)19(23)21-20-17(22)7-6-13-9-15(24-3)18(26-5)16(10-13)25-4/h6-10H,1-5H3,(H,20,22)(H,21,23)/b7-6+. The Morgan fingerprint density at radius 3 is 2.07 bits per heavy atom. The van der Waals surface area contributed by atoms with Gasteiger partial charge in [0.1, 0.15) is 11.5 Å². The molecule has 0 aliphatic rings. The lowest BCUT2D eigenvalue weighted by molar-refractivity contribution is -0.117. The third-order valence-electron chi connectivity index (χ3n) is 3.70. The average molecular weight is 374 g/mol. The molecular weight excluding hydrogens is 352 g/mol. The molecule has 0 aliphatic heterocycles. The van der Waals surface area contributed by atoms with E-state index in [2.05, 4.69) is 10.9 Å². The van der Waals surface area contributed by atoms with E-state index in [4.69, 9.17) is 18.6 Å². The van der Waals surface area contributed by atoms with Gasteiger partial charge < -0.3 is 18.6 Å². The van der Waals surface area contributed by atoms with Gasteiger partial charge in [-0.1, -0.05) is 0 Å². The second kappa shape index (κ2) is 8.79. The molecule has 0 saturated heterocycles. The van der Waals surface area contributed by atoms with Gasteiger partial charge in [0, 0.05) is 6.08 Å². The highest BCUT2D eigenvalue weighted by molar-refractivity contribution is 5.98. The van der Waals surface area contributed by atoms with Crippen molar-refractivity contribution in [3.8, 4) is 17.2 Å². The highest BCUT2D eigenvalue weighted by Crippen LogP contribution is 2.38. The minimum absolute atomic E-state index is 0.362. The van der Waals surface area contributed by atoms with Gasteiger partial charge in [-0.05, 0) is 43.7 Å². The summed E-state index contributed by atoms with van der Waals surface area (Å²) in [4.78, 5) is 24.0. The first kappa shape index (κ1) is 19.9. The summed E-state index contributed by atoms with van der Waals surface area (Å²) in [5.41, 5.74) is 5.67. The van der Waals surface area contributed by atoms with E-state index in [9.17, 15) is 9.59 Å². The Balaban J connectivity index is 2.04. The molecule has 0 aliphatic carbocycles. The summed E-state index contributed by atoms with van der Waals surface area (Å²) in [6.07, 6.45) is 2.83. The zero-order chi connectivity index (χ0) is 20.0. The van der Waals surface area contributed by atoms with Crippen LogP contribution in [0.25, 0.3) is 6.08 Å². The van der Waals surface area contributed by atoms with Gasteiger partial charge in [-0.15, -0.1) is 0 Å². The Bertz CT molecular complexity index is 844. The number of nitrogens with one attached hydrogen (secondary N) is 2. The van der Waals surface area contributed by atoms with E-state index >= 15 is 0 Å². The van der Waals surface area contributed by atoms with Crippen LogP contribution in [0.15, 0.2) is 28.7 Å². The van der Waals surface area contributed by atoms with E-state index in [1.54, 1.807) is 38.1 Å². The molecule has 0 atom stereocenters. The van der Waals surface area contributed by atoms with Gasteiger partial charge in [0.15, 0.2) is 11.5 Å². The van der Waals surface area contributed by atoms with Crippen LogP contribution in [0.2, 0.25) is 0 Å². The molecular formula is C19H22N2O6. The number of methoxy groups -OCH3 is 3. The first-order valence-corrected chi connectivity index (χ1v) is 8.05. The fourth-order valence-electron chi connectivity index (χ4n) is 2.45. The zero-order valence-corrected chi connectivity index (χ0v) is 15.8. The molecule has 0 unspecified atom stereocenters. The topological polar surface area (TPSA) is 99.0 Å². The summed E-state index contributed by atoms with van der Waals surface area (Å²) in [6.45, 7) is 3.41. The number of ether oxygens (including phenoxy) is 3. The summed E-state index contributed by atoms with van der Waals surface area (Å²) in [6, 6.07) is 4.99. The highest BCUT2D eigenvalue weighted by Gasteiger charge is 2.14. The van der Waals surface area contributed by atoms with Crippen LogP contribution in [-0.4, -0.2) is 33.1 Å². The SMILES string of the molecule is COc1cc(/C=C/C(=O)NNC(=O)c2cc(C)oc2C)cc(OC)c1OC. The van der Waals surface area contributed by atoms with Crippen molar-refractivity contribution >= 4 is 17.9 Å². The molecule has 1 aromatic carbocycles. The minimum atomic E-state index is -0.505. The second-order valence-corrected chi connectivity index (χ2v) is 5.56. The molecule has 27 heavy (non-hydrogen) atoms. The molecule has 2 rings (SSSR count). The first-order chi connectivity index (χ1) is 12.9. The number of hydrazine groups is 1. The molecule has 1 heterocycles. The smallest absolute Gasteiger partial charge is 0.273 e. The van der Waals surface area contributed by atoms with Crippen LogP contribution in [0.3, 0.4) is 0 Å². The molecule has 2 amide bonds. The Labute approximate surface area is 157 Å². The quantitative estimate of drug-likeness (QED) is 0.595. The fraction of sp³-hybridized carbons (Fsp3) is 0.263. The van der Waals surface area contributed by atoms with E-state index in [1.165, 1.54) is 27.4 Å². The van der Waals surface area contributed by atoms with Gasteiger partial charge in [0.05, 0.1) is 26.9 Å². The third-order valence-corrected chi connectivity index (χ3v) is 3.70. The normalized spacial score (nSPS) is 10.6. The maximum Gasteiger partial charge on any atom is 0.273 e. The Morgan fingerprint density at radius 1 is 0.963 bits per heavy atom. The molecule has 0 bridgehead atoms. The fourth-order valence-corrected chi connectivity index (χ4v) is 2.45. The molecule has 0 saturated carbocycles. The van der Waals surface area contributed by atoms with Gasteiger partial charge >= 0.3 is 0 Å². The van der Waals surface area contributed by atoms with Crippen LogP contribution >= 0.6 is 0 Å². The van der Waals surface area contributed by atoms with Crippen molar-refractivity contribution in [3.05, 3.63) is 46.9 Å². The number of aryl methyl sites for hydroxylation is 2. The number of benzene rings is 1. The molecule has 0 fully saturated rings. The lowest BCUT2D eigenvalue weighted by Crippen LogP contribution is -2.40. The molecule has 2 aromatic rings. The summed E-state index contributed by atoms with van der Waals surface area (Å²) < 4.78 is 21.1. The Hall–Kier alpha value is -3.42. The van der Waals surface area contributed by atoms with E-state index in [0.717, 1.165) is 0 Å². The van der Waals surface area contributed by atoms with Crippen LogP contribution in [0, 0.1) is 13.8 Å². The van der Waals surface area contributed by atoms with Crippen LogP contribution in [0.1, 0.15) is 27.4 Å². The predicted octanol–water partition coefficient (Wildman–Crippen LogP) is 2.40. The Kier molecular flexibility index (Phi) is 6.48. The number of carbonyl (C=O) groups excluding carboxylic acids is 2. The van der Waals surface area contributed by atoms with Crippen LogP contribution in [-0.2, 0) is 4.79 Å². The van der Waals surface area contributed by atoms with Gasteiger partial charge in [0.2, 0.25) is 5.75 Å². The molecule has 8 heteroatoms. The van der Waals surface area contributed by atoms with Crippen molar-refractivity contribution in [2.75, 3.05) is 21.3 Å². The molecule has 2 N–H and O–H groups in total. The van der Waals surface area contributed by atoms with Gasteiger partial charge in [0.25, 0.3) is 11.8 Å². The van der Waals surface area contributed by atoms with Crippen LogP contribution in [0.4, 0.5) is 0 Å². The molecule has 8 nitrogen and oxygen atoms in total. The van der Waals surface area contributed by atoms with Gasteiger partial charge in [-0.25, -0.2) is 0 Å². The van der Waals surface area contributed by atoms with Crippen molar-refractivity contribution in [2.24, 2.45) is 0 Å². The van der Waals surface area contributed by atoms with E-state index in [0.29, 0.717) is 39.9 Å². The van der Waals surface area contributed by atoms with Crippen molar-refractivity contribution in [1.29, 1.82) is 0 Å².